The summed E-state index contributed by atoms with van der Waals surface area (Å²) in [4.78, 5) is 0. The van der Waals surface area contributed by atoms with Gasteiger partial charge in [-0.05, 0) is 48.9 Å². The number of rotatable bonds is 0. The molecule has 0 aromatic rings. The van der Waals surface area contributed by atoms with Gasteiger partial charge in [0.1, 0.15) is 5.60 Å². The Balaban J connectivity index is 1.81. The van der Waals surface area contributed by atoms with Crippen LogP contribution in [0.3, 0.4) is 0 Å². The van der Waals surface area contributed by atoms with Crippen molar-refractivity contribution in [2.75, 3.05) is 0 Å². The number of ether oxygens (including phenoxy) is 1. The van der Waals surface area contributed by atoms with Crippen molar-refractivity contribution >= 4 is 0 Å². The molecule has 4 fully saturated rings. The van der Waals surface area contributed by atoms with E-state index >= 15 is 0 Å². The van der Waals surface area contributed by atoms with Crippen molar-refractivity contribution in [1.29, 1.82) is 0 Å². The lowest BCUT2D eigenvalue weighted by molar-refractivity contribution is -0.00846. The van der Waals surface area contributed by atoms with Crippen molar-refractivity contribution in [2.45, 2.75) is 65.1 Å². The number of hydrogen-bond donors (Lipinski definition) is 0. The van der Waals surface area contributed by atoms with Crippen LogP contribution >= 0.6 is 0 Å². The first-order chi connectivity index (χ1) is 7.44. The van der Waals surface area contributed by atoms with E-state index in [1.54, 1.807) is 0 Å². The molecule has 0 aromatic heterocycles. The summed E-state index contributed by atoms with van der Waals surface area (Å²) < 4.78 is 6.23. The molecule has 1 saturated heterocycles. The Hall–Kier alpha value is -0.0400. The van der Waals surface area contributed by atoms with Crippen LogP contribution in [-0.2, 0) is 4.74 Å². The summed E-state index contributed by atoms with van der Waals surface area (Å²) in [6.45, 7) is 10.0. The molecule has 0 radical (unpaired) electrons. The van der Waals surface area contributed by atoms with Gasteiger partial charge in [0.05, 0.1) is 6.10 Å². The molecule has 1 heteroatoms. The second-order valence-electron chi connectivity index (χ2n) is 7.70. The second-order valence-corrected chi connectivity index (χ2v) is 7.70. The fraction of sp³-hybridized carbons (Fsp3) is 1.00. The summed E-state index contributed by atoms with van der Waals surface area (Å²) in [7, 11) is 0. The van der Waals surface area contributed by atoms with Crippen molar-refractivity contribution in [1.82, 2.24) is 0 Å². The summed E-state index contributed by atoms with van der Waals surface area (Å²) in [5, 5.41) is 0. The summed E-state index contributed by atoms with van der Waals surface area (Å²) in [5.41, 5.74) is 1.41. The Morgan fingerprint density at radius 2 is 1.81 bits per heavy atom. The van der Waals surface area contributed by atoms with E-state index in [9.17, 15) is 0 Å². The Morgan fingerprint density at radius 1 is 1.06 bits per heavy atom. The van der Waals surface area contributed by atoms with Gasteiger partial charge >= 0.3 is 0 Å². The molecule has 3 saturated carbocycles. The lowest BCUT2D eigenvalue weighted by Crippen LogP contribution is -2.50. The van der Waals surface area contributed by atoms with E-state index in [-0.39, 0.29) is 0 Å². The maximum absolute atomic E-state index is 6.23. The predicted octanol–water partition coefficient (Wildman–Crippen LogP) is 3.63. The standard InChI is InChI=1S/C15H24O/c1-9-5-6-11-15(16-11)8-7-10-12(13(10,2)3)14(9,15)4/h9-12H,5-8H2,1-4H3/t9-,10-,11+,12+,14-,15+/m1/s1. The molecule has 0 bridgehead atoms. The van der Waals surface area contributed by atoms with Gasteiger partial charge in [-0.2, -0.15) is 0 Å². The largest absolute Gasteiger partial charge is 0.365 e. The summed E-state index contributed by atoms with van der Waals surface area (Å²) in [5.74, 6) is 2.79. The highest BCUT2D eigenvalue weighted by Crippen LogP contribution is 2.80. The fourth-order valence-corrected chi connectivity index (χ4v) is 6.01. The zero-order valence-corrected chi connectivity index (χ0v) is 11.0. The van der Waals surface area contributed by atoms with Gasteiger partial charge in [0.15, 0.2) is 0 Å². The van der Waals surface area contributed by atoms with Crippen molar-refractivity contribution in [2.24, 2.45) is 28.6 Å². The van der Waals surface area contributed by atoms with Crippen molar-refractivity contribution in [3.63, 3.8) is 0 Å². The molecule has 1 nitrogen and oxygen atoms in total. The van der Waals surface area contributed by atoms with Gasteiger partial charge in [-0.1, -0.05) is 27.7 Å². The van der Waals surface area contributed by atoms with Crippen LogP contribution in [0.25, 0.3) is 0 Å². The minimum absolute atomic E-state index is 0.319. The molecule has 4 rings (SSSR count). The third-order valence-corrected chi connectivity index (χ3v) is 7.14. The quantitative estimate of drug-likeness (QED) is 0.568. The zero-order valence-electron chi connectivity index (χ0n) is 11.0. The van der Waals surface area contributed by atoms with Crippen LogP contribution in [0, 0.1) is 28.6 Å². The minimum Gasteiger partial charge on any atom is -0.365 e. The van der Waals surface area contributed by atoms with Crippen molar-refractivity contribution in [3.05, 3.63) is 0 Å². The summed E-state index contributed by atoms with van der Waals surface area (Å²) in [6.07, 6.45) is 6.13. The molecule has 4 aliphatic rings. The Morgan fingerprint density at radius 3 is 2.56 bits per heavy atom. The van der Waals surface area contributed by atoms with E-state index in [1.165, 1.54) is 25.7 Å². The highest BCUT2D eigenvalue weighted by Gasteiger charge is 2.81. The molecule has 1 aliphatic heterocycles. The molecule has 0 amide bonds. The molecular weight excluding hydrogens is 196 g/mol. The third-order valence-electron chi connectivity index (χ3n) is 7.14. The van der Waals surface area contributed by atoms with Gasteiger partial charge in [0.25, 0.3) is 0 Å². The van der Waals surface area contributed by atoms with E-state index in [2.05, 4.69) is 27.7 Å². The smallest absolute Gasteiger partial charge is 0.101 e. The van der Waals surface area contributed by atoms with Crippen molar-refractivity contribution < 1.29 is 4.74 Å². The third kappa shape index (κ3) is 0.776. The average Bonchev–Trinajstić information content (AvgIpc) is 3.05. The molecule has 6 atom stereocenters. The highest BCUT2D eigenvalue weighted by atomic mass is 16.6. The van der Waals surface area contributed by atoms with Crippen LogP contribution in [0.5, 0.6) is 0 Å². The fourth-order valence-electron chi connectivity index (χ4n) is 6.01. The summed E-state index contributed by atoms with van der Waals surface area (Å²) in [6, 6.07) is 0. The van der Waals surface area contributed by atoms with Gasteiger partial charge in [0, 0.05) is 5.41 Å². The molecule has 0 aromatic carbocycles. The average molecular weight is 220 g/mol. The molecule has 0 N–H and O–H groups in total. The van der Waals surface area contributed by atoms with Gasteiger partial charge < -0.3 is 4.74 Å². The molecule has 0 unspecified atom stereocenters. The zero-order chi connectivity index (χ0) is 11.3. The first kappa shape index (κ1) is 9.94. The highest BCUT2D eigenvalue weighted by molar-refractivity contribution is 5.29. The predicted molar refractivity (Wildman–Crippen MR) is 64.1 cm³/mol. The van der Waals surface area contributed by atoms with Gasteiger partial charge in [-0.25, -0.2) is 0 Å². The maximum Gasteiger partial charge on any atom is 0.101 e. The minimum atomic E-state index is 0.319. The SMILES string of the molecule is C[C@@H]1CC[C@@H]2O[C@@]23CC[C@@H]2[C@@H](C2(C)C)[C@@]13C. The van der Waals surface area contributed by atoms with E-state index in [4.69, 9.17) is 4.74 Å². The molecule has 3 aliphatic carbocycles. The molecular formula is C15H24O. The van der Waals surface area contributed by atoms with Crippen molar-refractivity contribution in [3.8, 4) is 0 Å². The van der Waals surface area contributed by atoms with E-state index in [1.807, 2.05) is 0 Å². The van der Waals surface area contributed by atoms with Crippen LogP contribution in [0.15, 0.2) is 0 Å². The maximum atomic E-state index is 6.23. The van der Waals surface area contributed by atoms with E-state index in [0.717, 1.165) is 17.8 Å². The topological polar surface area (TPSA) is 12.5 Å². The first-order valence-corrected chi connectivity index (χ1v) is 7.12. The Labute approximate surface area is 98.9 Å². The molecule has 1 heterocycles. The van der Waals surface area contributed by atoms with Gasteiger partial charge in [-0.3, -0.25) is 0 Å². The van der Waals surface area contributed by atoms with Gasteiger partial charge in [-0.15, -0.1) is 0 Å². The number of epoxide rings is 1. The van der Waals surface area contributed by atoms with Crippen LogP contribution in [-0.4, -0.2) is 11.7 Å². The van der Waals surface area contributed by atoms with E-state index < -0.39 is 0 Å². The van der Waals surface area contributed by atoms with E-state index in [0.29, 0.717) is 22.5 Å². The lowest BCUT2D eigenvalue weighted by Gasteiger charge is -2.48. The monoisotopic (exact) mass is 220 g/mol. The van der Waals surface area contributed by atoms with Gasteiger partial charge in [0.2, 0.25) is 0 Å². The number of fused-ring (bicyclic) bond motifs is 2. The Bertz CT molecular complexity index is 360. The normalized spacial score (nSPS) is 65.2. The second kappa shape index (κ2) is 2.39. The number of hydrogen-bond acceptors (Lipinski definition) is 1. The first-order valence-electron chi connectivity index (χ1n) is 7.12. The Kier molecular flexibility index (Phi) is 1.48. The molecule has 1 spiro atoms. The van der Waals surface area contributed by atoms with Crippen LogP contribution < -0.4 is 0 Å². The summed E-state index contributed by atoms with van der Waals surface area (Å²) >= 11 is 0. The molecule has 16 heavy (non-hydrogen) atoms. The van der Waals surface area contributed by atoms with Crippen LogP contribution in [0.4, 0.5) is 0 Å². The van der Waals surface area contributed by atoms with Crippen LogP contribution in [0.1, 0.15) is 53.4 Å². The van der Waals surface area contributed by atoms with Crippen LogP contribution in [0.2, 0.25) is 0 Å². The lowest BCUT2D eigenvalue weighted by atomic mass is 9.54. The molecule has 90 valence electrons.